The molecule has 5 heteroatoms. The highest BCUT2D eigenvalue weighted by molar-refractivity contribution is 7.01. The highest BCUT2D eigenvalue weighted by Crippen LogP contribution is 2.56. The summed E-state index contributed by atoms with van der Waals surface area (Å²) in [7, 11) is 0. The maximum Gasteiger partial charge on any atom is 0.252 e. The Morgan fingerprint density at radius 1 is 0.328 bits per heavy atom. The molecule has 4 nitrogen and oxygen atoms in total. The summed E-state index contributed by atoms with van der Waals surface area (Å²) in [5.74, 6) is 1.67. The SMILES string of the molecule is c1ccc2c(c1)Oc1ccccc1N2c1c2c3c(c4ccccc14)-n1c4ccc5ccccc5c4c4c5ccccc5cc(c41)B3c1cc3ccccc3c3c4c5ccccc5ccc4n-2c13. The highest BCUT2D eigenvalue weighted by Gasteiger charge is 2.45. The summed E-state index contributed by atoms with van der Waals surface area (Å²) in [6.45, 7) is -0.106. The van der Waals surface area contributed by atoms with Crippen molar-refractivity contribution in [3.8, 4) is 22.9 Å². The molecule has 0 atom stereocenters. The Bertz CT molecular complexity index is 4590. The van der Waals surface area contributed by atoms with Crippen molar-refractivity contribution in [1.82, 2.24) is 9.13 Å². The van der Waals surface area contributed by atoms with E-state index in [1.807, 2.05) is 0 Å². The second kappa shape index (κ2) is 12.1. The molecule has 0 aliphatic carbocycles. The minimum absolute atomic E-state index is 0.106. The van der Waals surface area contributed by atoms with Crippen LogP contribution in [-0.2, 0) is 0 Å². The zero-order chi connectivity index (χ0) is 43.2. The van der Waals surface area contributed by atoms with Crippen LogP contribution in [0.5, 0.6) is 11.5 Å². The number of benzene rings is 12. The van der Waals surface area contributed by atoms with E-state index in [-0.39, 0.29) is 6.71 Å². The van der Waals surface area contributed by atoms with Gasteiger partial charge in [-0.1, -0.05) is 170 Å². The molecule has 306 valence electrons. The molecule has 14 aromatic rings. The molecular weight excluding hydrogens is 814 g/mol. The minimum atomic E-state index is -0.106. The fourth-order valence-electron chi connectivity index (χ4n) is 13.1. The van der Waals surface area contributed by atoms with Crippen LogP contribution in [0.3, 0.4) is 0 Å². The molecule has 0 amide bonds. The number of nitrogens with zero attached hydrogens (tertiary/aromatic N) is 3. The van der Waals surface area contributed by atoms with Crippen LogP contribution in [0.2, 0.25) is 0 Å². The quantitative estimate of drug-likeness (QED) is 0.154. The molecule has 0 radical (unpaired) electrons. The Morgan fingerprint density at radius 2 is 0.731 bits per heavy atom. The van der Waals surface area contributed by atoms with Crippen LogP contribution in [0.1, 0.15) is 0 Å². The van der Waals surface area contributed by atoms with Crippen molar-refractivity contribution in [2.24, 2.45) is 0 Å². The number of rotatable bonds is 1. The van der Waals surface area contributed by atoms with E-state index in [1.54, 1.807) is 0 Å². The Labute approximate surface area is 383 Å². The van der Waals surface area contributed by atoms with Gasteiger partial charge >= 0.3 is 0 Å². The first-order chi connectivity index (χ1) is 33.3. The summed E-state index contributed by atoms with van der Waals surface area (Å²) in [6, 6.07) is 76.9. The molecular formula is C62H34BN3O. The van der Waals surface area contributed by atoms with Crippen molar-refractivity contribution >= 4 is 138 Å². The van der Waals surface area contributed by atoms with E-state index in [1.165, 1.54) is 125 Å². The summed E-state index contributed by atoms with van der Waals surface area (Å²) >= 11 is 0. The second-order valence-corrected chi connectivity index (χ2v) is 18.7. The molecule has 0 N–H and O–H groups in total. The van der Waals surface area contributed by atoms with Crippen LogP contribution >= 0.6 is 0 Å². The molecule has 5 heterocycles. The fraction of sp³-hybridized carbons (Fsp3) is 0. The Kier molecular flexibility index (Phi) is 6.25. The van der Waals surface area contributed by atoms with Gasteiger partial charge in [-0.05, 0) is 95.9 Å². The zero-order valence-electron chi connectivity index (χ0n) is 36.0. The van der Waals surface area contributed by atoms with Crippen LogP contribution in [0.25, 0.3) is 109 Å². The largest absolute Gasteiger partial charge is 0.453 e. The maximum atomic E-state index is 6.77. The van der Waals surface area contributed by atoms with E-state index in [9.17, 15) is 0 Å². The lowest BCUT2D eigenvalue weighted by Crippen LogP contribution is -2.59. The highest BCUT2D eigenvalue weighted by atomic mass is 16.5. The van der Waals surface area contributed by atoms with Gasteiger partial charge in [0.15, 0.2) is 11.5 Å². The third kappa shape index (κ3) is 4.10. The molecule has 2 aromatic heterocycles. The summed E-state index contributed by atoms with van der Waals surface area (Å²) in [6.07, 6.45) is 0. The van der Waals surface area contributed by atoms with Gasteiger partial charge in [-0.2, -0.15) is 0 Å². The first-order valence-corrected chi connectivity index (χ1v) is 23.3. The van der Waals surface area contributed by atoms with Crippen LogP contribution in [0, 0.1) is 0 Å². The maximum absolute atomic E-state index is 6.77. The van der Waals surface area contributed by atoms with Crippen molar-refractivity contribution in [3.05, 3.63) is 206 Å². The molecule has 0 fully saturated rings. The van der Waals surface area contributed by atoms with Gasteiger partial charge in [-0.25, -0.2) is 0 Å². The van der Waals surface area contributed by atoms with Gasteiger partial charge in [0.05, 0.1) is 50.5 Å². The van der Waals surface area contributed by atoms with Crippen molar-refractivity contribution in [3.63, 3.8) is 0 Å². The third-order valence-electron chi connectivity index (χ3n) is 15.5. The van der Waals surface area contributed by atoms with Crippen molar-refractivity contribution in [2.45, 2.75) is 0 Å². The average Bonchev–Trinajstić information content (AvgIpc) is 3.93. The van der Waals surface area contributed by atoms with Gasteiger partial charge in [0, 0.05) is 32.3 Å². The molecule has 0 unspecified atom stereocenters. The van der Waals surface area contributed by atoms with Gasteiger partial charge in [0.1, 0.15) is 0 Å². The van der Waals surface area contributed by atoms with Gasteiger partial charge in [0.25, 0.3) is 6.71 Å². The molecule has 0 saturated carbocycles. The summed E-state index contributed by atoms with van der Waals surface area (Å²) < 4.78 is 12.1. The molecule has 67 heavy (non-hydrogen) atoms. The standard InChI is InChI=1S/C62H34BN3O/c1-5-19-39-35(15-1)29-31-49-53(39)55-41-21-7-3-17-37(41)33-45-60(55)65(49)58-43-23-9-10-24-44(43)59(64-47-25-11-13-27-51(47)67-52-28-14-12-26-48(52)64)62-57(58)63(45)46-34-38-18-4-8-22-42(38)56-54-40-20-6-2-16-36(40)30-32-50(54)66(62)61(46)56/h1-34H. The average molecular weight is 848 g/mol. The van der Waals surface area contributed by atoms with E-state index in [0.717, 1.165) is 28.6 Å². The molecule has 0 bridgehead atoms. The molecule has 0 saturated heterocycles. The van der Waals surface area contributed by atoms with Crippen LogP contribution in [0.15, 0.2) is 206 Å². The Balaban J connectivity index is 1.20. The number of anilines is 3. The minimum Gasteiger partial charge on any atom is -0.453 e. The first kappa shape index (κ1) is 34.6. The van der Waals surface area contributed by atoms with Gasteiger partial charge in [0.2, 0.25) is 0 Å². The zero-order valence-corrected chi connectivity index (χ0v) is 36.0. The van der Waals surface area contributed by atoms with Crippen LogP contribution in [0.4, 0.5) is 17.1 Å². The van der Waals surface area contributed by atoms with E-state index in [4.69, 9.17) is 4.74 Å². The first-order valence-electron chi connectivity index (χ1n) is 23.3. The molecule has 0 spiro atoms. The monoisotopic (exact) mass is 847 g/mol. The summed E-state index contributed by atoms with van der Waals surface area (Å²) in [5, 5.41) is 17.7. The number of fused-ring (bicyclic) bond motifs is 22. The van der Waals surface area contributed by atoms with Crippen LogP contribution in [-0.4, -0.2) is 15.8 Å². The number of hydrogen-bond acceptors (Lipinski definition) is 2. The van der Waals surface area contributed by atoms with Gasteiger partial charge in [-0.15, -0.1) is 0 Å². The van der Waals surface area contributed by atoms with E-state index >= 15 is 0 Å². The van der Waals surface area contributed by atoms with Crippen molar-refractivity contribution in [2.75, 3.05) is 4.90 Å². The van der Waals surface area contributed by atoms with Gasteiger partial charge in [-0.3, -0.25) is 0 Å². The van der Waals surface area contributed by atoms with E-state index in [0.29, 0.717) is 0 Å². The van der Waals surface area contributed by atoms with Crippen molar-refractivity contribution in [1.29, 1.82) is 0 Å². The van der Waals surface area contributed by atoms with Crippen molar-refractivity contribution < 1.29 is 4.74 Å². The lowest BCUT2D eigenvalue weighted by atomic mass is 9.33. The van der Waals surface area contributed by atoms with E-state index in [2.05, 4.69) is 220 Å². The van der Waals surface area contributed by atoms with Crippen LogP contribution < -0.4 is 26.0 Å². The summed E-state index contributed by atoms with van der Waals surface area (Å²) in [4.78, 5) is 2.51. The van der Waals surface area contributed by atoms with E-state index < -0.39 is 0 Å². The topological polar surface area (TPSA) is 22.3 Å². The number of ether oxygens (including phenoxy) is 1. The second-order valence-electron chi connectivity index (χ2n) is 18.7. The predicted octanol–water partition coefficient (Wildman–Crippen LogP) is 14.4. The molecule has 17 rings (SSSR count). The fourth-order valence-corrected chi connectivity index (χ4v) is 13.1. The lowest BCUT2D eigenvalue weighted by Gasteiger charge is -2.40. The Hall–Kier alpha value is -8.80. The lowest BCUT2D eigenvalue weighted by molar-refractivity contribution is 0.477. The van der Waals surface area contributed by atoms with Gasteiger partial charge < -0.3 is 18.8 Å². The smallest absolute Gasteiger partial charge is 0.252 e. The molecule has 12 aromatic carbocycles. The molecule has 3 aliphatic heterocycles. The Morgan fingerprint density at radius 3 is 1.25 bits per heavy atom. The third-order valence-corrected chi connectivity index (χ3v) is 15.5. The molecule has 3 aliphatic rings. The predicted molar refractivity (Wildman–Crippen MR) is 282 cm³/mol. The summed E-state index contributed by atoms with van der Waals surface area (Å²) in [5.41, 5.74) is 14.6. The number of para-hydroxylation sites is 4. The number of aromatic nitrogens is 2. The number of hydrogen-bond donors (Lipinski definition) is 0. The normalized spacial score (nSPS) is 13.4.